The Labute approximate surface area is 388 Å². The third kappa shape index (κ3) is 18.6. The Morgan fingerprint density at radius 1 is 0.537 bits per heavy atom. The number of carbonyl (C=O) groups excluding carboxylic acids is 5. The maximum Gasteiger partial charge on any atom is 0.472 e. The van der Waals surface area contributed by atoms with Crippen molar-refractivity contribution in [3.05, 3.63) is 143 Å². The van der Waals surface area contributed by atoms with E-state index >= 15 is 0 Å². The van der Waals surface area contributed by atoms with Crippen LogP contribution in [0.3, 0.4) is 0 Å². The summed E-state index contributed by atoms with van der Waals surface area (Å²) in [7, 11) is 3.06. The number of hydrogen-bond donors (Lipinski definition) is 7. The third-order valence-electron chi connectivity index (χ3n) is 9.39. The van der Waals surface area contributed by atoms with Gasteiger partial charge in [-0.25, -0.2) is 23.7 Å². The van der Waals surface area contributed by atoms with Gasteiger partial charge in [0.05, 0.1) is 33.3 Å². The fourth-order valence-corrected chi connectivity index (χ4v) is 6.73. The van der Waals surface area contributed by atoms with E-state index in [4.69, 9.17) is 23.3 Å². The average Bonchev–Trinajstić information content (AvgIpc) is 3.27. The topological polar surface area (TPSA) is 241 Å². The number of likely N-dealkylation sites (N-methyl/N-ethyl adjacent to an activating group) is 1. The van der Waals surface area contributed by atoms with E-state index in [1.165, 1.54) is 19.1 Å². The van der Waals surface area contributed by atoms with Crippen LogP contribution in [0.15, 0.2) is 115 Å². The van der Waals surface area contributed by atoms with Gasteiger partial charge in [-0.1, -0.05) is 48.5 Å². The Kier molecular flexibility index (Phi) is 18.4. The van der Waals surface area contributed by atoms with Gasteiger partial charge >= 0.3 is 32.0 Å². The molecule has 0 heterocycles. The second-order valence-electron chi connectivity index (χ2n) is 16.0. The lowest BCUT2D eigenvalue weighted by molar-refractivity contribution is -0.870. The molecule has 7 N–H and O–H groups in total. The molecule has 0 saturated carbocycles. The number of benzene rings is 5. The lowest BCUT2D eigenvalue weighted by atomic mass is 10.0. The summed E-state index contributed by atoms with van der Waals surface area (Å²) in [6.07, 6.45) is -0.391. The molecule has 0 bridgehead atoms. The highest BCUT2D eigenvalue weighted by molar-refractivity contribution is 7.47. The number of anilines is 6. The molecule has 5 rings (SSSR count). The van der Waals surface area contributed by atoms with Gasteiger partial charge < -0.3 is 44.9 Å². The van der Waals surface area contributed by atoms with Crippen LogP contribution in [0.1, 0.15) is 39.5 Å². The molecule has 0 radical (unpaired) electrons. The van der Waals surface area contributed by atoms with Gasteiger partial charge in [0.2, 0.25) is 12.7 Å². The Bertz CT molecular complexity index is 2520. The van der Waals surface area contributed by atoms with Gasteiger partial charge in [0.1, 0.15) is 19.8 Å². The first kappa shape index (κ1) is 50.7. The van der Waals surface area contributed by atoms with Crippen molar-refractivity contribution < 1.29 is 61.2 Å². The van der Waals surface area contributed by atoms with Crippen molar-refractivity contribution in [2.24, 2.45) is 0 Å². The van der Waals surface area contributed by atoms with E-state index in [-0.39, 0.29) is 31.3 Å². The Morgan fingerprint density at radius 3 is 1.40 bits per heavy atom. The second-order valence-corrected chi connectivity index (χ2v) is 17.4. The number of urea groups is 1. The predicted octanol–water partition coefficient (Wildman–Crippen LogP) is 8.26. The molecule has 5 aromatic carbocycles. The summed E-state index contributed by atoms with van der Waals surface area (Å²) in [6, 6.07) is 33.1. The number of hydrogen-bond acceptors (Lipinski definition) is 12. The quantitative estimate of drug-likeness (QED) is 0.0121. The van der Waals surface area contributed by atoms with Gasteiger partial charge in [-0.3, -0.25) is 24.5 Å². The Hall–Kier alpha value is -7.28. The van der Waals surface area contributed by atoms with Gasteiger partial charge in [-0.15, -0.1) is 0 Å². The molecule has 20 heteroatoms. The number of ether oxygens (including phenoxy) is 3. The number of esters is 1. The molecule has 354 valence electrons. The molecule has 5 aromatic rings. The van der Waals surface area contributed by atoms with Crippen molar-refractivity contribution in [2.75, 3.05) is 93.2 Å². The fraction of sp³-hybridized carbons (Fsp3) is 0.255. The first-order chi connectivity index (χ1) is 31.9. The van der Waals surface area contributed by atoms with Crippen molar-refractivity contribution in [3.8, 4) is 0 Å². The highest BCUT2D eigenvalue weighted by Gasteiger charge is 2.23. The number of quaternary nitrogens is 1. The molecule has 1 atom stereocenters. The molecular formula is C47H55N7O12P+. The molecule has 0 aliphatic heterocycles. The van der Waals surface area contributed by atoms with Crippen molar-refractivity contribution in [3.63, 3.8) is 0 Å². The molecule has 0 aromatic heterocycles. The minimum Gasteiger partial charge on any atom is -0.460 e. The summed E-state index contributed by atoms with van der Waals surface area (Å²) in [4.78, 5) is 71.4. The predicted molar refractivity (Wildman–Crippen MR) is 254 cm³/mol. The van der Waals surface area contributed by atoms with Crippen LogP contribution < -0.4 is 31.9 Å². The van der Waals surface area contributed by atoms with Crippen LogP contribution >= 0.6 is 7.82 Å². The van der Waals surface area contributed by atoms with Crippen LogP contribution in [-0.2, 0) is 45.5 Å². The van der Waals surface area contributed by atoms with Crippen molar-refractivity contribution >= 4 is 72.0 Å². The van der Waals surface area contributed by atoms with E-state index in [1.54, 1.807) is 49.5 Å². The molecule has 0 fully saturated rings. The van der Waals surface area contributed by atoms with Gasteiger partial charge in [-0.2, -0.15) is 0 Å². The zero-order valence-corrected chi connectivity index (χ0v) is 38.6. The smallest absolute Gasteiger partial charge is 0.460 e. The zero-order valence-electron chi connectivity index (χ0n) is 37.8. The summed E-state index contributed by atoms with van der Waals surface area (Å²) < 4.78 is 37.7. The number of rotatable bonds is 21. The van der Waals surface area contributed by atoms with Gasteiger partial charge in [-0.05, 0) is 102 Å². The van der Waals surface area contributed by atoms with Crippen molar-refractivity contribution in [2.45, 2.75) is 19.8 Å². The molecule has 5 amide bonds. The number of amides is 5. The average molecular weight is 941 g/mol. The summed E-state index contributed by atoms with van der Waals surface area (Å²) in [6.45, 7) is 0.659. The Balaban J connectivity index is 0.988. The largest absolute Gasteiger partial charge is 0.472 e. The number of phosphoric acid groups is 1. The van der Waals surface area contributed by atoms with Crippen molar-refractivity contribution in [1.29, 1.82) is 0 Å². The summed E-state index contributed by atoms with van der Waals surface area (Å²) in [5.41, 5.74) is 7.12. The van der Waals surface area contributed by atoms with E-state index in [0.29, 0.717) is 52.3 Å². The van der Waals surface area contributed by atoms with E-state index in [9.17, 15) is 33.4 Å². The molecule has 0 aliphatic rings. The van der Waals surface area contributed by atoms with E-state index < -0.39 is 38.8 Å². The molecular weight excluding hydrogens is 886 g/mol. The first-order valence-electron chi connectivity index (χ1n) is 20.9. The zero-order chi connectivity index (χ0) is 48.4. The van der Waals surface area contributed by atoms with Crippen LogP contribution in [0, 0.1) is 0 Å². The standard InChI is InChI=1S/C47H54N7O12P/c1-32(55)49-38-14-6-33(7-15-38)26-35-10-18-40(19-11-35)52-46(58)63-31-64-47(59)53-41-20-12-36(13-21-41)27-34-8-16-39(17-9-34)50-45(57)51-43-29-37(28-42(30-43)48-2)44(56)62-24-25-66-67(60,61)65-23-22-54(3,4)5/h6-21,28-30,48H,22-27,31H2,1-5H3,(H5-,49,50,51,52,53,55,57,58,59,60,61)/p+1. The number of nitrogens with zero attached hydrogens (tertiary/aromatic N) is 1. The normalized spacial score (nSPS) is 11.9. The highest BCUT2D eigenvalue weighted by atomic mass is 31.2. The number of nitrogens with one attached hydrogen (secondary N) is 6. The number of phosphoric ester groups is 1. The van der Waals surface area contributed by atoms with E-state index in [0.717, 1.165) is 27.9 Å². The van der Waals surface area contributed by atoms with Crippen LogP contribution in [0.25, 0.3) is 0 Å². The highest BCUT2D eigenvalue weighted by Crippen LogP contribution is 2.42. The summed E-state index contributed by atoms with van der Waals surface area (Å²) in [5.74, 6) is -0.873. The first-order valence-corrected chi connectivity index (χ1v) is 22.4. The summed E-state index contributed by atoms with van der Waals surface area (Å²) >= 11 is 0. The van der Waals surface area contributed by atoms with Crippen LogP contribution in [0.2, 0.25) is 0 Å². The molecule has 0 spiro atoms. The van der Waals surface area contributed by atoms with Gasteiger partial charge in [0, 0.05) is 48.1 Å². The fourth-order valence-electron chi connectivity index (χ4n) is 6.04. The molecule has 19 nitrogen and oxygen atoms in total. The van der Waals surface area contributed by atoms with E-state index in [1.807, 2.05) is 81.8 Å². The van der Waals surface area contributed by atoms with Crippen LogP contribution in [-0.4, -0.2) is 101 Å². The van der Waals surface area contributed by atoms with Crippen molar-refractivity contribution in [1.82, 2.24) is 0 Å². The SMILES string of the molecule is CNc1cc(NC(=O)Nc2ccc(Cc3ccc(NC(=O)OCOC(=O)Nc4ccc(Cc5ccc(NC(C)=O)cc5)cc4)cc3)cc2)cc(C(=O)OCCOP(=O)(O)OCC[N+](C)(C)C)c1. The maximum atomic E-state index is 12.9. The van der Waals surface area contributed by atoms with Crippen LogP contribution in [0.5, 0.6) is 0 Å². The van der Waals surface area contributed by atoms with Gasteiger partial charge in [0.25, 0.3) is 0 Å². The molecule has 0 saturated heterocycles. The monoisotopic (exact) mass is 940 g/mol. The third-order valence-corrected chi connectivity index (χ3v) is 10.4. The minimum absolute atomic E-state index is 0.00805. The van der Waals surface area contributed by atoms with E-state index in [2.05, 4.69) is 31.9 Å². The molecule has 0 aliphatic carbocycles. The number of carbonyl (C=O) groups is 5. The second kappa shape index (κ2) is 24.3. The molecule has 1 unspecified atom stereocenters. The minimum atomic E-state index is -4.32. The Morgan fingerprint density at radius 2 is 0.955 bits per heavy atom. The van der Waals surface area contributed by atoms with Crippen LogP contribution in [0.4, 0.5) is 48.5 Å². The van der Waals surface area contributed by atoms with Gasteiger partial charge in [0.15, 0.2) is 0 Å². The molecule has 67 heavy (non-hydrogen) atoms. The maximum absolute atomic E-state index is 12.9. The lowest BCUT2D eigenvalue weighted by Gasteiger charge is -2.24. The summed E-state index contributed by atoms with van der Waals surface area (Å²) in [5, 5.41) is 16.3. The lowest BCUT2D eigenvalue weighted by Crippen LogP contribution is -2.37.